The number of thiazole rings is 1. The van der Waals surface area contributed by atoms with Crippen molar-refractivity contribution in [2.45, 2.75) is 33.6 Å². The number of nitrogens with one attached hydrogen (secondary N) is 1. The number of carbonyl (C=O) groups is 2. The molecule has 0 spiro atoms. The van der Waals surface area contributed by atoms with E-state index in [1.807, 2.05) is 31.4 Å². The summed E-state index contributed by atoms with van der Waals surface area (Å²) < 4.78 is 0. The zero-order valence-corrected chi connectivity index (χ0v) is 14.9. The van der Waals surface area contributed by atoms with Crippen molar-refractivity contribution in [3.05, 3.63) is 29.1 Å². The maximum Gasteiger partial charge on any atom is 0.226 e. The van der Waals surface area contributed by atoms with Gasteiger partial charge in [0, 0.05) is 36.5 Å². The van der Waals surface area contributed by atoms with Crippen molar-refractivity contribution in [2.75, 3.05) is 16.8 Å². The number of hydrogen-bond acceptors (Lipinski definition) is 4. The fourth-order valence-corrected chi connectivity index (χ4v) is 3.61. The van der Waals surface area contributed by atoms with Crippen LogP contribution < -0.4 is 10.2 Å². The molecule has 0 unspecified atom stereocenters. The highest BCUT2D eigenvalue weighted by atomic mass is 32.1. The van der Waals surface area contributed by atoms with Crippen molar-refractivity contribution in [1.29, 1.82) is 0 Å². The van der Waals surface area contributed by atoms with Crippen molar-refractivity contribution in [3.63, 3.8) is 0 Å². The van der Waals surface area contributed by atoms with Crippen molar-refractivity contribution in [1.82, 2.24) is 4.98 Å². The highest BCUT2D eigenvalue weighted by Crippen LogP contribution is 2.34. The molecule has 0 radical (unpaired) electrons. The lowest BCUT2D eigenvalue weighted by Crippen LogP contribution is -2.25. The van der Waals surface area contributed by atoms with Gasteiger partial charge in [0.1, 0.15) is 0 Å². The predicted molar refractivity (Wildman–Crippen MR) is 97.4 cm³/mol. The average molecular weight is 343 g/mol. The fraction of sp³-hybridized carbons (Fsp3) is 0.389. The second kappa shape index (κ2) is 6.73. The Balaban J connectivity index is 1.80. The number of benzene rings is 1. The smallest absolute Gasteiger partial charge is 0.226 e. The maximum atomic E-state index is 11.9. The fourth-order valence-electron chi connectivity index (χ4n) is 2.87. The molecule has 2 heterocycles. The first-order valence-corrected chi connectivity index (χ1v) is 8.99. The molecule has 126 valence electrons. The van der Waals surface area contributed by atoms with Crippen molar-refractivity contribution in [3.8, 4) is 11.3 Å². The van der Waals surface area contributed by atoms with Crippen LogP contribution in [0, 0.1) is 5.92 Å². The lowest BCUT2D eigenvalue weighted by molar-refractivity contribution is -0.117. The summed E-state index contributed by atoms with van der Waals surface area (Å²) in [5.74, 6) is 0.368. The first-order valence-electron chi connectivity index (χ1n) is 8.11. The van der Waals surface area contributed by atoms with E-state index in [2.05, 4.69) is 16.4 Å². The van der Waals surface area contributed by atoms with Crippen molar-refractivity contribution in [2.24, 2.45) is 5.92 Å². The van der Waals surface area contributed by atoms with Crippen LogP contribution in [0.1, 0.15) is 32.8 Å². The van der Waals surface area contributed by atoms with Crippen LogP contribution in [0.3, 0.4) is 0 Å². The minimum Gasteiger partial charge on any atom is -0.312 e. The Morgan fingerprint density at radius 2 is 2.17 bits per heavy atom. The Morgan fingerprint density at radius 3 is 2.88 bits per heavy atom. The topological polar surface area (TPSA) is 62.3 Å². The Bertz CT molecular complexity index is 782. The third-order valence-electron chi connectivity index (χ3n) is 4.00. The van der Waals surface area contributed by atoms with Gasteiger partial charge in [-0.1, -0.05) is 26.0 Å². The highest BCUT2D eigenvalue weighted by Gasteiger charge is 2.22. The van der Waals surface area contributed by atoms with E-state index >= 15 is 0 Å². The van der Waals surface area contributed by atoms with Gasteiger partial charge < -0.3 is 10.2 Å². The van der Waals surface area contributed by atoms with E-state index in [-0.39, 0.29) is 11.8 Å². The quantitative estimate of drug-likeness (QED) is 0.920. The molecule has 24 heavy (non-hydrogen) atoms. The van der Waals surface area contributed by atoms with E-state index in [0.29, 0.717) is 17.5 Å². The normalized spacial score (nSPS) is 13.2. The zero-order valence-electron chi connectivity index (χ0n) is 14.1. The molecule has 1 aliphatic heterocycles. The van der Waals surface area contributed by atoms with Gasteiger partial charge >= 0.3 is 0 Å². The third-order valence-corrected chi connectivity index (χ3v) is 4.76. The average Bonchev–Trinajstić information content (AvgIpc) is 3.11. The Labute approximate surface area is 145 Å². The molecule has 0 atom stereocenters. The molecule has 0 saturated heterocycles. The van der Waals surface area contributed by atoms with Gasteiger partial charge in [0.25, 0.3) is 0 Å². The van der Waals surface area contributed by atoms with Gasteiger partial charge in [-0.05, 0) is 24.0 Å². The van der Waals surface area contributed by atoms with E-state index in [4.69, 9.17) is 0 Å². The van der Waals surface area contributed by atoms with E-state index in [1.165, 1.54) is 16.9 Å². The van der Waals surface area contributed by atoms with E-state index in [0.717, 1.165) is 29.9 Å². The molecule has 2 amide bonds. The minimum absolute atomic E-state index is 0.0115. The van der Waals surface area contributed by atoms with Crippen LogP contribution >= 0.6 is 11.3 Å². The van der Waals surface area contributed by atoms with Gasteiger partial charge in [-0.3, -0.25) is 9.59 Å². The summed E-state index contributed by atoms with van der Waals surface area (Å²) >= 11 is 1.42. The number of anilines is 2. The molecule has 0 saturated carbocycles. The third kappa shape index (κ3) is 3.48. The number of rotatable bonds is 4. The van der Waals surface area contributed by atoms with Gasteiger partial charge in [-0.25, -0.2) is 4.98 Å². The number of hydrogen-bond donors (Lipinski definition) is 1. The van der Waals surface area contributed by atoms with Crippen LogP contribution in [0.5, 0.6) is 0 Å². The Hall–Kier alpha value is -2.21. The number of fused-ring (bicyclic) bond motifs is 1. The number of nitrogens with zero attached hydrogens (tertiary/aromatic N) is 2. The predicted octanol–water partition coefficient (Wildman–Crippen LogP) is 3.70. The lowest BCUT2D eigenvalue weighted by atomic mass is 10.1. The summed E-state index contributed by atoms with van der Waals surface area (Å²) in [4.78, 5) is 29.9. The van der Waals surface area contributed by atoms with Crippen molar-refractivity contribution < 1.29 is 9.59 Å². The molecule has 1 aromatic heterocycles. The van der Waals surface area contributed by atoms with E-state index < -0.39 is 0 Å². The minimum atomic E-state index is -0.0115. The van der Waals surface area contributed by atoms with Crippen molar-refractivity contribution >= 4 is 34.0 Å². The molecular weight excluding hydrogens is 322 g/mol. The zero-order chi connectivity index (χ0) is 17.3. The lowest BCUT2D eigenvalue weighted by Gasteiger charge is -2.15. The number of aromatic nitrogens is 1. The molecular formula is C18H21N3O2S. The standard InChI is InChI=1S/C18H21N3O2S/c1-11(2)8-17(23)20-18-19-15(10-24-18)14-5-4-13-6-7-21(12(3)22)16(13)9-14/h4-5,9-11H,6-8H2,1-3H3,(H,19,20,23). The van der Waals surface area contributed by atoms with Gasteiger partial charge in [0.15, 0.2) is 5.13 Å². The molecule has 1 N–H and O–H groups in total. The molecule has 1 aliphatic rings. The molecule has 6 heteroatoms. The monoisotopic (exact) mass is 343 g/mol. The molecule has 0 bridgehead atoms. The maximum absolute atomic E-state index is 11.9. The van der Waals surface area contributed by atoms with Crippen LogP contribution in [0.15, 0.2) is 23.6 Å². The van der Waals surface area contributed by atoms with E-state index in [9.17, 15) is 9.59 Å². The van der Waals surface area contributed by atoms with Crippen LogP contribution in [0.25, 0.3) is 11.3 Å². The summed E-state index contributed by atoms with van der Waals surface area (Å²) in [7, 11) is 0. The second-order valence-electron chi connectivity index (χ2n) is 6.45. The molecule has 3 rings (SSSR count). The van der Waals surface area contributed by atoms with Crippen LogP contribution in [-0.4, -0.2) is 23.3 Å². The van der Waals surface area contributed by atoms with Gasteiger partial charge in [0.05, 0.1) is 5.69 Å². The van der Waals surface area contributed by atoms with Gasteiger partial charge in [0.2, 0.25) is 11.8 Å². The second-order valence-corrected chi connectivity index (χ2v) is 7.31. The SMILES string of the molecule is CC(=O)N1CCc2ccc(-c3csc(NC(=O)CC(C)C)n3)cc21. The Morgan fingerprint density at radius 1 is 1.38 bits per heavy atom. The van der Waals surface area contributed by atoms with Gasteiger partial charge in [-0.15, -0.1) is 11.3 Å². The molecule has 0 fully saturated rings. The first-order chi connectivity index (χ1) is 11.4. The summed E-state index contributed by atoms with van der Waals surface area (Å²) in [5.41, 5.74) is 3.94. The summed E-state index contributed by atoms with van der Waals surface area (Å²) in [6, 6.07) is 6.10. The summed E-state index contributed by atoms with van der Waals surface area (Å²) in [6.07, 6.45) is 1.38. The van der Waals surface area contributed by atoms with Crippen LogP contribution in [0.4, 0.5) is 10.8 Å². The van der Waals surface area contributed by atoms with E-state index in [1.54, 1.807) is 11.8 Å². The molecule has 1 aromatic carbocycles. The molecule has 5 nitrogen and oxygen atoms in total. The van der Waals surface area contributed by atoms with Gasteiger partial charge in [-0.2, -0.15) is 0 Å². The number of amides is 2. The molecule has 2 aromatic rings. The number of carbonyl (C=O) groups excluding carboxylic acids is 2. The molecule has 0 aliphatic carbocycles. The summed E-state index contributed by atoms with van der Waals surface area (Å²) in [6.45, 7) is 6.35. The Kier molecular flexibility index (Phi) is 4.66. The van der Waals surface area contributed by atoms with Crippen LogP contribution in [-0.2, 0) is 16.0 Å². The largest absolute Gasteiger partial charge is 0.312 e. The summed E-state index contributed by atoms with van der Waals surface area (Å²) in [5, 5.41) is 5.39. The van der Waals surface area contributed by atoms with Crippen LogP contribution in [0.2, 0.25) is 0 Å². The first kappa shape index (κ1) is 16.6. The highest BCUT2D eigenvalue weighted by molar-refractivity contribution is 7.14.